The molecule has 0 aromatic rings. The summed E-state index contributed by atoms with van der Waals surface area (Å²) in [5.41, 5.74) is 0. The van der Waals surface area contributed by atoms with Crippen molar-refractivity contribution in [2.24, 2.45) is 5.92 Å². The first-order valence-corrected chi connectivity index (χ1v) is 4.34. The number of alkyl halides is 1. The smallest absolute Gasteiger partial charge is 0.146 e. The zero-order chi connectivity index (χ0) is 6.85. The summed E-state index contributed by atoms with van der Waals surface area (Å²) in [6, 6.07) is 0. The fourth-order valence-electron chi connectivity index (χ4n) is 1.29. The van der Waals surface area contributed by atoms with Gasteiger partial charge in [-0.15, -0.1) is 0 Å². The highest BCUT2D eigenvalue weighted by atomic mass is 79.9. The van der Waals surface area contributed by atoms with Crippen LogP contribution in [0.3, 0.4) is 0 Å². The molecular weight excluding hydrogens is 180 g/mol. The number of carbonyl (C=O) groups is 1. The monoisotopic (exact) mass is 190 g/mol. The molecule has 0 saturated heterocycles. The van der Waals surface area contributed by atoms with Gasteiger partial charge in [0.15, 0.2) is 0 Å². The minimum absolute atomic E-state index is 0.169. The average molecular weight is 191 g/mol. The third kappa shape index (κ3) is 1.34. The van der Waals surface area contributed by atoms with Gasteiger partial charge in [0.05, 0.1) is 4.83 Å². The molecule has 1 aliphatic rings. The van der Waals surface area contributed by atoms with E-state index in [2.05, 4.69) is 22.9 Å². The Hall–Kier alpha value is 0.150. The lowest BCUT2D eigenvalue weighted by atomic mass is 10.1. The highest BCUT2D eigenvalue weighted by molar-refractivity contribution is 9.10. The fraction of sp³-hybridized carbons (Fsp3) is 0.857. The van der Waals surface area contributed by atoms with Crippen LogP contribution in [0.15, 0.2) is 0 Å². The van der Waals surface area contributed by atoms with Crippen molar-refractivity contribution >= 4 is 21.7 Å². The topological polar surface area (TPSA) is 17.1 Å². The van der Waals surface area contributed by atoms with Gasteiger partial charge in [0.25, 0.3) is 0 Å². The minimum Gasteiger partial charge on any atom is -0.298 e. The first kappa shape index (κ1) is 7.26. The Kier molecular flexibility index (Phi) is 2.28. The molecule has 2 atom stereocenters. The summed E-state index contributed by atoms with van der Waals surface area (Å²) in [7, 11) is 0. The number of rotatable bonds is 1. The van der Waals surface area contributed by atoms with E-state index in [1.165, 1.54) is 0 Å². The van der Waals surface area contributed by atoms with Crippen LogP contribution in [0.5, 0.6) is 0 Å². The lowest BCUT2D eigenvalue weighted by Gasteiger charge is -2.07. The second-order valence-electron chi connectivity index (χ2n) is 2.58. The molecule has 1 aliphatic carbocycles. The van der Waals surface area contributed by atoms with Crippen molar-refractivity contribution in [2.75, 3.05) is 0 Å². The summed E-state index contributed by atoms with van der Waals surface area (Å²) >= 11 is 3.38. The maximum atomic E-state index is 10.9. The Bertz CT molecular complexity index is 122. The predicted molar refractivity (Wildman–Crippen MR) is 40.7 cm³/mol. The Morgan fingerprint density at radius 2 is 2.44 bits per heavy atom. The Morgan fingerprint density at radius 1 is 1.78 bits per heavy atom. The average Bonchev–Trinajstić information content (AvgIpc) is 2.15. The van der Waals surface area contributed by atoms with Crippen LogP contribution in [0.2, 0.25) is 0 Å². The quantitative estimate of drug-likeness (QED) is 0.580. The van der Waals surface area contributed by atoms with Gasteiger partial charge in [0, 0.05) is 6.42 Å². The number of Topliss-reactive ketones (excluding diaryl/α,β-unsaturated/α-hetero) is 1. The van der Waals surface area contributed by atoms with Crippen molar-refractivity contribution in [2.45, 2.75) is 31.0 Å². The van der Waals surface area contributed by atoms with Crippen LogP contribution < -0.4 is 0 Å². The van der Waals surface area contributed by atoms with Crippen LogP contribution in [0, 0.1) is 5.92 Å². The summed E-state index contributed by atoms with van der Waals surface area (Å²) in [5.74, 6) is 0.999. The van der Waals surface area contributed by atoms with Crippen LogP contribution >= 0.6 is 15.9 Å². The van der Waals surface area contributed by atoms with E-state index >= 15 is 0 Å². The lowest BCUT2D eigenvalue weighted by Crippen LogP contribution is -2.12. The van der Waals surface area contributed by atoms with Crippen molar-refractivity contribution in [3.63, 3.8) is 0 Å². The molecule has 1 nitrogen and oxygen atoms in total. The molecule has 1 saturated carbocycles. The summed E-state index contributed by atoms with van der Waals surface area (Å²) in [4.78, 5) is 11.1. The normalized spacial score (nSPS) is 35.6. The summed E-state index contributed by atoms with van der Waals surface area (Å²) < 4.78 is 0. The summed E-state index contributed by atoms with van der Waals surface area (Å²) in [6.07, 6.45) is 3.00. The molecule has 0 spiro atoms. The third-order valence-corrected chi connectivity index (χ3v) is 3.27. The van der Waals surface area contributed by atoms with Crippen LogP contribution in [0.4, 0.5) is 0 Å². The number of ketones is 1. The van der Waals surface area contributed by atoms with Gasteiger partial charge in [-0.25, -0.2) is 0 Å². The molecule has 0 radical (unpaired) electrons. The minimum atomic E-state index is 0.169. The Balaban J connectivity index is 2.51. The first-order valence-electron chi connectivity index (χ1n) is 3.42. The predicted octanol–water partition coefficient (Wildman–Crippen LogP) is 2.14. The molecule has 52 valence electrons. The summed E-state index contributed by atoms with van der Waals surface area (Å²) in [5, 5.41) is 0. The fourth-order valence-corrected chi connectivity index (χ4v) is 2.15. The zero-order valence-electron chi connectivity index (χ0n) is 5.56. The van der Waals surface area contributed by atoms with Crippen LogP contribution in [0.1, 0.15) is 26.2 Å². The Morgan fingerprint density at radius 3 is 2.67 bits per heavy atom. The van der Waals surface area contributed by atoms with Gasteiger partial charge >= 0.3 is 0 Å². The zero-order valence-corrected chi connectivity index (χ0v) is 7.15. The second kappa shape index (κ2) is 2.82. The van der Waals surface area contributed by atoms with E-state index in [0.29, 0.717) is 11.7 Å². The van der Waals surface area contributed by atoms with Gasteiger partial charge in [0.2, 0.25) is 0 Å². The van der Waals surface area contributed by atoms with Gasteiger partial charge in [-0.3, -0.25) is 4.79 Å². The number of halogens is 1. The first-order chi connectivity index (χ1) is 4.25. The van der Waals surface area contributed by atoms with Gasteiger partial charge in [0.1, 0.15) is 5.78 Å². The summed E-state index contributed by atoms with van der Waals surface area (Å²) in [6.45, 7) is 2.14. The van der Waals surface area contributed by atoms with E-state index in [-0.39, 0.29) is 4.83 Å². The molecule has 0 aromatic carbocycles. The SMILES string of the molecule is CC[C@H]1CCC(=O)[C@H]1Br. The van der Waals surface area contributed by atoms with Crippen molar-refractivity contribution in [3.05, 3.63) is 0 Å². The molecule has 2 heteroatoms. The third-order valence-electron chi connectivity index (χ3n) is 2.01. The molecule has 0 N–H and O–H groups in total. The largest absolute Gasteiger partial charge is 0.298 e. The van der Waals surface area contributed by atoms with Gasteiger partial charge < -0.3 is 0 Å². The maximum absolute atomic E-state index is 10.9. The van der Waals surface area contributed by atoms with Crippen molar-refractivity contribution in [1.29, 1.82) is 0 Å². The van der Waals surface area contributed by atoms with Gasteiger partial charge in [-0.05, 0) is 12.3 Å². The van der Waals surface area contributed by atoms with Crippen LogP contribution in [0.25, 0.3) is 0 Å². The lowest BCUT2D eigenvalue weighted by molar-refractivity contribution is -0.117. The molecule has 0 amide bonds. The van der Waals surface area contributed by atoms with Crippen LogP contribution in [-0.2, 0) is 4.79 Å². The number of hydrogen-bond donors (Lipinski definition) is 0. The van der Waals surface area contributed by atoms with E-state index in [4.69, 9.17) is 0 Å². The molecule has 0 heterocycles. The number of carbonyl (C=O) groups excluding carboxylic acids is 1. The molecular formula is C7H11BrO. The molecule has 1 fully saturated rings. The maximum Gasteiger partial charge on any atom is 0.146 e. The highest BCUT2D eigenvalue weighted by Crippen LogP contribution is 2.30. The van der Waals surface area contributed by atoms with E-state index in [9.17, 15) is 4.79 Å². The molecule has 0 aromatic heterocycles. The van der Waals surface area contributed by atoms with E-state index < -0.39 is 0 Å². The second-order valence-corrected chi connectivity index (χ2v) is 3.56. The molecule has 9 heavy (non-hydrogen) atoms. The van der Waals surface area contributed by atoms with Crippen molar-refractivity contribution in [3.8, 4) is 0 Å². The highest BCUT2D eigenvalue weighted by Gasteiger charge is 2.30. The van der Waals surface area contributed by atoms with E-state index in [1.807, 2.05) is 0 Å². The van der Waals surface area contributed by atoms with Crippen molar-refractivity contribution < 1.29 is 4.79 Å². The van der Waals surface area contributed by atoms with Gasteiger partial charge in [-0.1, -0.05) is 29.3 Å². The van der Waals surface area contributed by atoms with Crippen molar-refractivity contribution in [1.82, 2.24) is 0 Å². The van der Waals surface area contributed by atoms with E-state index in [0.717, 1.165) is 19.3 Å². The molecule has 0 aliphatic heterocycles. The van der Waals surface area contributed by atoms with Crippen LogP contribution in [-0.4, -0.2) is 10.6 Å². The molecule has 0 bridgehead atoms. The Labute approximate surface area is 64.0 Å². The molecule has 0 unspecified atom stereocenters. The standard InChI is InChI=1S/C7H11BrO/c1-2-5-3-4-6(9)7(5)8/h5,7H,2-4H2,1H3/t5-,7-/m0/s1. The number of hydrogen-bond acceptors (Lipinski definition) is 1. The molecule has 1 rings (SSSR count). The van der Waals surface area contributed by atoms with E-state index in [1.54, 1.807) is 0 Å². The van der Waals surface area contributed by atoms with Gasteiger partial charge in [-0.2, -0.15) is 0 Å².